The predicted octanol–water partition coefficient (Wildman–Crippen LogP) is 22.3. The molecule has 554 valence electrons. The summed E-state index contributed by atoms with van der Waals surface area (Å²) in [5.74, 6) is 1.68. The Morgan fingerprint density at radius 1 is 0.278 bits per heavy atom. The molecule has 13 aromatic rings. The number of pyridine rings is 1. The van der Waals surface area contributed by atoms with Crippen molar-refractivity contribution in [1.82, 2.24) is 24.8 Å². The molecule has 0 aliphatic heterocycles. The summed E-state index contributed by atoms with van der Waals surface area (Å²) in [6.45, 7) is 43.6. The maximum Gasteiger partial charge on any atom is 0.197 e. The van der Waals surface area contributed by atoms with Crippen molar-refractivity contribution in [2.24, 2.45) is 14.1 Å². The molecule has 0 amide bonds. The minimum absolute atomic E-state index is 0.0221. The van der Waals surface area contributed by atoms with Gasteiger partial charge in [-0.05, 0) is 177 Å². The fraction of sp³-hybridized carbons (Fsp3) is 0.343. The Labute approximate surface area is 643 Å². The minimum atomic E-state index is -0.600. The van der Waals surface area contributed by atoms with Gasteiger partial charge in [-0.25, -0.2) is 4.98 Å². The lowest BCUT2D eigenvalue weighted by molar-refractivity contribution is -0.722. The third-order valence-corrected chi connectivity index (χ3v) is 22.2. The number of fused-ring (bicyclic) bond motifs is 2. The molecule has 0 bridgehead atoms. The van der Waals surface area contributed by atoms with E-state index in [1.807, 2.05) is 32.8 Å². The highest BCUT2D eigenvalue weighted by Gasteiger charge is 2.42. The number of benzene rings is 10. The van der Waals surface area contributed by atoms with E-state index in [1.165, 1.54) is 77.9 Å². The molecule has 0 aliphatic rings. The maximum absolute atomic E-state index is 6.55. The van der Waals surface area contributed by atoms with E-state index < -0.39 is 10.8 Å². The lowest BCUT2D eigenvalue weighted by Crippen LogP contribution is -2.33. The van der Waals surface area contributed by atoms with E-state index >= 15 is 0 Å². The molecule has 0 saturated carbocycles. The van der Waals surface area contributed by atoms with Crippen LogP contribution < -0.4 is 18.8 Å². The van der Waals surface area contributed by atoms with Gasteiger partial charge in [0, 0.05) is 34.7 Å². The van der Waals surface area contributed by atoms with Gasteiger partial charge in [-0.15, -0.1) is 18.7 Å². The van der Waals surface area contributed by atoms with Crippen LogP contribution in [0.4, 0.5) is 0 Å². The summed E-state index contributed by atoms with van der Waals surface area (Å²) in [5, 5.41) is 12.0. The molecule has 13 rings (SSSR count). The molecule has 0 radical (unpaired) electrons. The van der Waals surface area contributed by atoms with Gasteiger partial charge in [-0.3, -0.25) is 0 Å². The van der Waals surface area contributed by atoms with Gasteiger partial charge < -0.3 is 9.47 Å². The summed E-state index contributed by atoms with van der Waals surface area (Å²) >= 11 is 0. The first-order chi connectivity index (χ1) is 51.1. The number of ether oxygens (including phenoxy) is 2. The highest BCUT2D eigenvalue weighted by Crippen LogP contribution is 2.50. The lowest BCUT2D eigenvalue weighted by atomic mass is 9.64. The summed E-state index contributed by atoms with van der Waals surface area (Å²) in [5.41, 5.74) is 22.6. The Balaban J connectivity index is 0.675. The van der Waals surface area contributed by atoms with Gasteiger partial charge in [0.05, 0.1) is 45.5 Å². The Kier molecular flexibility index (Phi) is 20.7. The number of aryl methyl sites for hydroxylation is 4. The van der Waals surface area contributed by atoms with E-state index in [0.29, 0.717) is 26.3 Å². The predicted molar refractivity (Wildman–Crippen MR) is 446 cm³/mol. The topological polar surface area (TPSA) is 74.8 Å². The van der Waals surface area contributed by atoms with Crippen molar-refractivity contribution in [3.63, 3.8) is 0 Å². The first-order valence-electron chi connectivity index (χ1n) is 38.9. The third kappa shape index (κ3) is 15.7. The summed E-state index contributed by atoms with van der Waals surface area (Å²) in [7, 11) is 4.03. The van der Waals surface area contributed by atoms with Crippen molar-refractivity contribution in [2.75, 3.05) is 13.2 Å². The number of hydrogen-bond acceptors (Lipinski definition) is 5. The van der Waals surface area contributed by atoms with Crippen molar-refractivity contribution in [2.45, 2.75) is 194 Å². The molecule has 3 heterocycles. The molecule has 9 nitrogen and oxygen atoms in total. The van der Waals surface area contributed by atoms with Crippen molar-refractivity contribution in [1.29, 1.82) is 0 Å². The normalized spacial score (nSPS) is 12.9. The zero-order chi connectivity index (χ0) is 76.9. The molecule has 3 aromatic heterocycles. The van der Waals surface area contributed by atoms with Crippen LogP contribution in [0.1, 0.15) is 215 Å². The second-order valence-corrected chi connectivity index (χ2v) is 36.3. The molecule has 0 fully saturated rings. The van der Waals surface area contributed by atoms with Crippen LogP contribution in [-0.4, -0.2) is 38.0 Å². The smallest absolute Gasteiger partial charge is 0.197 e. The molecule has 0 saturated heterocycles. The van der Waals surface area contributed by atoms with Crippen LogP contribution in [0.2, 0.25) is 0 Å². The second kappa shape index (κ2) is 29.4. The zero-order valence-corrected chi connectivity index (χ0v) is 67.9. The van der Waals surface area contributed by atoms with Crippen LogP contribution in [0.3, 0.4) is 0 Å². The highest BCUT2D eigenvalue weighted by molar-refractivity contribution is 5.96. The van der Waals surface area contributed by atoms with Gasteiger partial charge in [-0.1, -0.05) is 294 Å². The number of nitrogens with zero attached hydrogens (tertiary/aromatic N) is 7. The molecule has 0 unspecified atom stereocenters. The van der Waals surface area contributed by atoms with Gasteiger partial charge in [0.25, 0.3) is 0 Å². The number of aromatic nitrogens is 7. The fourth-order valence-electron chi connectivity index (χ4n) is 15.6. The summed E-state index contributed by atoms with van der Waals surface area (Å²) in [6.07, 6.45) is 5.84. The molecule has 108 heavy (non-hydrogen) atoms. The van der Waals surface area contributed by atoms with Crippen molar-refractivity contribution < 1.29 is 18.8 Å². The Morgan fingerprint density at radius 2 is 0.500 bits per heavy atom. The quantitative estimate of drug-likeness (QED) is 0.0329. The molecule has 9 heteroatoms. The Bertz CT molecular complexity index is 4660. The first-order valence-corrected chi connectivity index (χ1v) is 38.9. The number of hydrogen-bond donors (Lipinski definition) is 0. The molecular formula is C99H113N7O2+2. The molecule has 0 atom stereocenters. The standard InChI is InChI=1S/C99H113N7O2/c1-92(2,3)72-25-37-78(38-26-72)98(79-39-27-73(28-40-79)93(4,5)6,80-41-29-74(30-42-80)94(7,8)9)84-49-53-86(54-50-84)107-61-21-59-105-66-90(103(19)101-105)68-23-57-88-70(63-68)65-71-64-69(24-58-89(71)100-88)91-67-106(102-104(91)20)60-22-62-108-87-55-51-85(52-56-87)99(81-43-31-75(32-44-81)95(10,11)12,82-45-33-76(34-46-82)96(13,14)15)83-47-35-77(36-48-83)97(16,17)18/h23-58,63-67H,21-22,59-62H2,1-20H3/q+2. The molecular weight excluding hydrogens is 1320 g/mol. The van der Waals surface area contributed by atoms with E-state index in [-0.39, 0.29) is 32.5 Å². The van der Waals surface area contributed by atoms with E-state index in [9.17, 15) is 0 Å². The fourth-order valence-corrected chi connectivity index (χ4v) is 15.6. The Hall–Kier alpha value is -10.3. The summed E-state index contributed by atoms with van der Waals surface area (Å²) in [6, 6.07) is 89.0. The Morgan fingerprint density at radius 3 is 0.731 bits per heavy atom. The van der Waals surface area contributed by atoms with E-state index in [1.54, 1.807) is 0 Å². The summed E-state index contributed by atoms with van der Waals surface area (Å²) < 4.78 is 21.1. The van der Waals surface area contributed by atoms with Gasteiger partial charge in [-0.2, -0.15) is 0 Å². The molecule has 0 spiro atoms. The van der Waals surface area contributed by atoms with Gasteiger partial charge in [0.15, 0.2) is 23.8 Å². The van der Waals surface area contributed by atoms with Crippen LogP contribution in [0.25, 0.3) is 44.3 Å². The van der Waals surface area contributed by atoms with Crippen LogP contribution in [-0.2, 0) is 70.5 Å². The lowest BCUT2D eigenvalue weighted by Gasteiger charge is -2.38. The average molecular weight is 1430 g/mol. The summed E-state index contributed by atoms with van der Waals surface area (Å²) in [4.78, 5) is 5.15. The second-order valence-electron chi connectivity index (χ2n) is 36.3. The van der Waals surface area contributed by atoms with E-state index in [2.05, 4.69) is 374 Å². The van der Waals surface area contributed by atoms with Crippen molar-refractivity contribution in [3.8, 4) is 34.0 Å². The molecule has 0 aliphatic carbocycles. The molecule has 0 N–H and O–H groups in total. The van der Waals surface area contributed by atoms with Crippen LogP contribution in [0, 0.1) is 0 Å². The van der Waals surface area contributed by atoms with Crippen LogP contribution in [0.5, 0.6) is 11.5 Å². The minimum Gasteiger partial charge on any atom is -0.493 e. The van der Waals surface area contributed by atoms with Gasteiger partial charge >= 0.3 is 0 Å². The average Bonchev–Trinajstić information content (AvgIpc) is 0.904. The van der Waals surface area contributed by atoms with E-state index in [4.69, 9.17) is 24.9 Å². The van der Waals surface area contributed by atoms with Gasteiger partial charge in [0.2, 0.25) is 0 Å². The van der Waals surface area contributed by atoms with Crippen molar-refractivity contribution >= 4 is 21.8 Å². The number of rotatable bonds is 20. The maximum atomic E-state index is 6.55. The van der Waals surface area contributed by atoms with Crippen LogP contribution >= 0.6 is 0 Å². The molecule has 10 aromatic carbocycles. The van der Waals surface area contributed by atoms with Crippen molar-refractivity contribution in [3.05, 3.63) is 327 Å². The first kappa shape index (κ1) is 76.0. The zero-order valence-electron chi connectivity index (χ0n) is 67.9. The van der Waals surface area contributed by atoms with Crippen LogP contribution in [0.15, 0.2) is 249 Å². The third-order valence-electron chi connectivity index (χ3n) is 22.2. The highest BCUT2D eigenvalue weighted by atomic mass is 16.5. The monoisotopic (exact) mass is 1430 g/mol. The SMILES string of the molecule is C[n+]1nn(CCCOc2ccc(C(c3ccc(C(C)(C)C)cc3)(c3ccc(C(C)(C)C)cc3)c3ccc(C(C)(C)C)cc3)cc2)cc1-c1ccc2nc3ccc(-c4cn(CCCOc5ccc(C(c6ccc(C(C)(C)C)cc6)(c6ccc(C(C)(C)C)cc6)c6ccc(C(C)(C)C)cc6)cc5)n[n+]4C)cc3cc2c1. The van der Waals surface area contributed by atoms with E-state index in [0.717, 1.165) is 68.7 Å². The van der Waals surface area contributed by atoms with Gasteiger partial charge in [0.1, 0.15) is 38.7 Å². The largest absolute Gasteiger partial charge is 0.493 e.